The van der Waals surface area contributed by atoms with Crippen molar-refractivity contribution in [1.29, 1.82) is 5.26 Å². The summed E-state index contributed by atoms with van der Waals surface area (Å²) in [5, 5.41) is 21.2. The highest BCUT2D eigenvalue weighted by atomic mass is 16.5. The van der Waals surface area contributed by atoms with E-state index in [9.17, 15) is 9.90 Å². The highest BCUT2D eigenvalue weighted by molar-refractivity contribution is 5.83. The number of rotatable bonds is 4. The van der Waals surface area contributed by atoms with Crippen LogP contribution in [-0.2, 0) is 4.79 Å². The molecule has 0 fully saturated rings. The lowest BCUT2D eigenvalue weighted by atomic mass is 10.2. The van der Waals surface area contributed by atoms with Gasteiger partial charge in [0.2, 0.25) is 0 Å². The third kappa shape index (κ3) is 3.83. The molecule has 0 unspecified atom stereocenters. The van der Waals surface area contributed by atoms with Gasteiger partial charge in [-0.15, -0.1) is 0 Å². The van der Waals surface area contributed by atoms with Crippen molar-refractivity contribution in [1.82, 2.24) is 5.43 Å². The largest absolute Gasteiger partial charge is 0.504 e. The second kappa shape index (κ2) is 6.12. The van der Waals surface area contributed by atoms with Gasteiger partial charge in [0.1, 0.15) is 6.42 Å². The first-order valence-electron chi connectivity index (χ1n) is 4.73. The van der Waals surface area contributed by atoms with Gasteiger partial charge in [-0.25, -0.2) is 5.43 Å². The Morgan fingerprint density at radius 1 is 1.71 bits per heavy atom. The maximum absolute atomic E-state index is 10.9. The van der Waals surface area contributed by atoms with Gasteiger partial charge in [0.05, 0.1) is 19.4 Å². The summed E-state index contributed by atoms with van der Waals surface area (Å²) in [7, 11) is 1.44. The van der Waals surface area contributed by atoms with Crippen molar-refractivity contribution in [3.63, 3.8) is 0 Å². The fourth-order valence-corrected chi connectivity index (χ4v) is 1.06. The number of aromatic hydroxyl groups is 1. The zero-order chi connectivity index (χ0) is 12.7. The summed E-state index contributed by atoms with van der Waals surface area (Å²) >= 11 is 0. The van der Waals surface area contributed by atoms with Crippen LogP contribution in [-0.4, -0.2) is 24.3 Å². The fraction of sp³-hybridized carbons (Fsp3) is 0.182. The van der Waals surface area contributed by atoms with Crippen LogP contribution in [0.15, 0.2) is 23.3 Å². The third-order valence-corrected chi connectivity index (χ3v) is 1.85. The van der Waals surface area contributed by atoms with E-state index in [1.807, 2.05) is 0 Å². The molecule has 0 aromatic heterocycles. The predicted octanol–water partition coefficient (Wildman–Crippen LogP) is 0.765. The van der Waals surface area contributed by atoms with Crippen LogP contribution >= 0.6 is 0 Å². The lowest BCUT2D eigenvalue weighted by molar-refractivity contribution is -0.120. The molecule has 1 aromatic carbocycles. The summed E-state index contributed by atoms with van der Waals surface area (Å²) in [5.74, 6) is -0.134. The Balaban J connectivity index is 2.66. The molecular formula is C11H11N3O3. The molecule has 6 heteroatoms. The summed E-state index contributed by atoms with van der Waals surface area (Å²) in [5.41, 5.74) is 2.84. The van der Waals surface area contributed by atoms with Gasteiger partial charge in [-0.2, -0.15) is 10.4 Å². The maximum Gasteiger partial charge on any atom is 0.254 e. The quantitative estimate of drug-likeness (QED) is 0.593. The Bertz CT molecular complexity index is 477. The number of phenolic OH excluding ortho intramolecular Hbond substituents is 1. The van der Waals surface area contributed by atoms with Crippen LogP contribution in [0.25, 0.3) is 0 Å². The number of phenols is 1. The molecule has 0 heterocycles. The van der Waals surface area contributed by atoms with Crippen molar-refractivity contribution in [2.24, 2.45) is 5.10 Å². The van der Waals surface area contributed by atoms with Gasteiger partial charge in [0.25, 0.3) is 5.91 Å². The number of carbonyl (C=O) groups is 1. The highest BCUT2D eigenvalue weighted by Gasteiger charge is 2.01. The van der Waals surface area contributed by atoms with E-state index in [2.05, 4.69) is 10.5 Å². The molecule has 17 heavy (non-hydrogen) atoms. The fourth-order valence-electron chi connectivity index (χ4n) is 1.06. The predicted molar refractivity (Wildman–Crippen MR) is 60.6 cm³/mol. The first kappa shape index (κ1) is 12.5. The van der Waals surface area contributed by atoms with E-state index in [0.717, 1.165) is 0 Å². The number of benzene rings is 1. The van der Waals surface area contributed by atoms with Crippen LogP contribution in [0, 0.1) is 11.3 Å². The molecule has 0 atom stereocenters. The molecule has 0 aliphatic rings. The monoisotopic (exact) mass is 233 g/mol. The Morgan fingerprint density at radius 3 is 3.12 bits per heavy atom. The van der Waals surface area contributed by atoms with Crippen molar-refractivity contribution in [3.05, 3.63) is 23.8 Å². The van der Waals surface area contributed by atoms with Gasteiger partial charge in [-0.1, -0.05) is 0 Å². The van der Waals surface area contributed by atoms with Crippen molar-refractivity contribution in [2.75, 3.05) is 7.11 Å². The minimum atomic E-state index is -0.477. The minimum Gasteiger partial charge on any atom is -0.504 e. The maximum atomic E-state index is 10.9. The SMILES string of the molecule is COc1cc(C=NNC(=O)CC#N)ccc1O. The second-order valence-corrected chi connectivity index (χ2v) is 3.06. The van der Waals surface area contributed by atoms with Crippen LogP contribution in [0.2, 0.25) is 0 Å². The molecule has 0 aliphatic carbocycles. The van der Waals surface area contributed by atoms with Crippen molar-refractivity contribution in [3.8, 4) is 17.6 Å². The van der Waals surface area contributed by atoms with Crippen LogP contribution in [0.3, 0.4) is 0 Å². The van der Waals surface area contributed by atoms with E-state index in [-0.39, 0.29) is 12.2 Å². The van der Waals surface area contributed by atoms with Gasteiger partial charge in [0, 0.05) is 0 Å². The summed E-state index contributed by atoms with van der Waals surface area (Å²) < 4.78 is 4.91. The summed E-state index contributed by atoms with van der Waals surface area (Å²) in [6, 6.07) is 6.33. The van der Waals surface area contributed by atoms with E-state index in [4.69, 9.17) is 10.00 Å². The number of nitrogens with zero attached hydrogens (tertiary/aromatic N) is 2. The average Bonchev–Trinajstić information content (AvgIpc) is 2.31. The first-order chi connectivity index (χ1) is 8.17. The lowest BCUT2D eigenvalue weighted by Gasteiger charge is -2.03. The van der Waals surface area contributed by atoms with E-state index in [1.165, 1.54) is 19.4 Å². The Morgan fingerprint density at radius 2 is 2.47 bits per heavy atom. The van der Waals surface area contributed by atoms with Crippen molar-refractivity contribution < 1.29 is 14.6 Å². The van der Waals surface area contributed by atoms with Crippen molar-refractivity contribution >= 4 is 12.1 Å². The Labute approximate surface area is 98.1 Å². The molecule has 1 rings (SSSR count). The number of hydrogen-bond acceptors (Lipinski definition) is 5. The average molecular weight is 233 g/mol. The Hall–Kier alpha value is -2.55. The zero-order valence-corrected chi connectivity index (χ0v) is 9.17. The first-order valence-corrected chi connectivity index (χ1v) is 4.73. The van der Waals surface area contributed by atoms with E-state index >= 15 is 0 Å². The number of carbonyl (C=O) groups excluding carboxylic acids is 1. The van der Waals surface area contributed by atoms with E-state index in [1.54, 1.807) is 18.2 Å². The molecule has 0 saturated carbocycles. The highest BCUT2D eigenvalue weighted by Crippen LogP contribution is 2.25. The van der Waals surface area contributed by atoms with Gasteiger partial charge < -0.3 is 9.84 Å². The molecule has 0 saturated heterocycles. The van der Waals surface area contributed by atoms with Crippen LogP contribution in [0.1, 0.15) is 12.0 Å². The normalized spacial score (nSPS) is 9.88. The third-order valence-electron chi connectivity index (χ3n) is 1.85. The molecule has 0 radical (unpaired) electrons. The second-order valence-electron chi connectivity index (χ2n) is 3.06. The zero-order valence-electron chi connectivity index (χ0n) is 9.17. The molecule has 6 nitrogen and oxygen atoms in total. The van der Waals surface area contributed by atoms with Crippen LogP contribution in [0.5, 0.6) is 11.5 Å². The number of hydrazone groups is 1. The summed E-state index contributed by atoms with van der Waals surface area (Å²) in [6.45, 7) is 0. The number of hydrogen-bond donors (Lipinski definition) is 2. The van der Waals surface area contributed by atoms with Gasteiger partial charge in [0.15, 0.2) is 11.5 Å². The number of amides is 1. The van der Waals surface area contributed by atoms with Gasteiger partial charge in [-0.05, 0) is 23.8 Å². The summed E-state index contributed by atoms with van der Waals surface area (Å²) in [6.07, 6.45) is 1.15. The number of ether oxygens (including phenoxy) is 1. The van der Waals surface area contributed by atoms with Gasteiger partial charge in [-0.3, -0.25) is 4.79 Å². The molecule has 2 N–H and O–H groups in total. The molecule has 0 aliphatic heterocycles. The molecule has 1 aromatic rings. The van der Waals surface area contributed by atoms with Crippen LogP contribution in [0.4, 0.5) is 0 Å². The molecule has 1 amide bonds. The smallest absolute Gasteiger partial charge is 0.254 e. The Kier molecular flexibility index (Phi) is 4.51. The van der Waals surface area contributed by atoms with Gasteiger partial charge >= 0.3 is 0 Å². The number of methoxy groups -OCH3 is 1. The standard InChI is InChI=1S/C11H11N3O3/c1-17-10-6-8(2-3-9(10)15)7-13-14-11(16)4-5-12/h2-3,6-7,15H,4H2,1H3,(H,14,16). The molecule has 0 bridgehead atoms. The summed E-state index contributed by atoms with van der Waals surface area (Å²) in [4.78, 5) is 10.9. The number of nitriles is 1. The van der Waals surface area contributed by atoms with E-state index in [0.29, 0.717) is 11.3 Å². The lowest BCUT2D eigenvalue weighted by Crippen LogP contribution is -2.16. The topological polar surface area (TPSA) is 94.7 Å². The number of nitrogens with one attached hydrogen (secondary N) is 1. The molecular weight excluding hydrogens is 222 g/mol. The minimum absolute atomic E-state index is 0.0261. The van der Waals surface area contributed by atoms with Crippen LogP contribution < -0.4 is 10.2 Å². The van der Waals surface area contributed by atoms with E-state index < -0.39 is 5.91 Å². The van der Waals surface area contributed by atoms with Crippen molar-refractivity contribution in [2.45, 2.75) is 6.42 Å². The molecule has 0 spiro atoms. The molecule has 88 valence electrons.